The van der Waals surface area contributed by atoms with Crippen molar-refractivity contribution >= 4 is 0 Å². The van der Waals surface area contributed by atoms with Crippen LogP contribution >= 0.6 is 0 Å². The summed E-state index contributed by atoms with van der Waals surface area (Å²) in [4.78, 5) is 1.71. The number of methoxy groups -OCH3 is 1. The van der Waals surface area contributed by atoms with Gasteiger partial charge in [-0.1, -0.05) is 18.2 Å². The fourth-order valence-corrected chi connectivity index (χ4v) is 2.72. The van der Waals surface area contributed by atoms with E-state index in [-0.39, 0.29) is 0 Å². The number of benzene rings is 2. The highest BCUT2D eigenvalue weighted by atomic mass is 16.5. The molecule has 1 aliphatic rings. The topological polar surface area (TPSA) is 60.0 Å². The van der Waals surface area contributed by atoms with Gasteiger partial charge in [-0.25, -0.2) is 0 Å². The first-order chi connectivity index (χ1) is 10.3. The van der Waals surface area contributed by atoms with Crippen molar-refractivity contribution in [3.05, 3.63) is 53.1 Å². The molecule has 102 valence electrons. The van der Waals surface area contributed by atoms with Crippen molar-refractivity contribution in [3.8, 4) is 29.1 Å². The first-order valence-electron chi connectivity index (χ1n) is 6.60. The van der Waals surface area contributed by atoms with E-state index < -0.39 is 0 Å². The van der Waals surface area contributed by atoms with Crippen LogP contribution in [0.1, 0.15) is 16.7 Å². The van der Waals surface area contributed by atoms with Gasteiger partial charge in [0.25, 0.3) is 0 Å². The van der Waals surface area contributed by atoms with Crippen LogP contribution in [0.15, 0.2) is 36.4 Å². The number of hydrogen-bond donors (Lipinski definition) is 0. The molecule has 0 spiro atoms. The van der Waals surface area contributed by atoms with Crippen molar-refractivity contribution < 1.29 is 4.74 Å². The minimum atomic E-state index is 0.587. The molecule has 3 rings (SSSR count). The van der Waals surface area contributed by atoms with Gasteiger partial charge >= 0.3 is 0 Å². The van der Waals surface area contributed by atoms with E-state index in [0.717, 1.165) is 28.0 Å². The van der Waals surface area contributed by atoms with E-state index in [1.807, 2.05) is 24.3 Å². The third-order valence-electron chi connectivity index (χ3n) is 3.76. The van der Waals surface area contributed by atoms with E-state index in [2.05, 4.69) is 12.3 Å². The maximum Gasteiger partial charge on any atom is 0.179 e. The van der Waals surface area contributed by atoms with Crippen molar-refractivity contribution in [2.75, 3.05) is 7.11 Å². The maximum atomic E-state index is 9.34. The Bertz CT molecular complexity index is 784. The molecule has 0 bridgehead atoms. The van der Waals surface area contributed by atoms with Crippen LogP contribution in [0, 0.1) is 22.8 Å². The first kappa shape index (κ1) is 13.0. The normalized spacial score (nSPS) is 12.4. The zero-order valence-corrected chi connectivity index (χ0v) is 11.6. The lowest BCUT2D eigenvalue weighted by Gasteiger charge is -2.11. The Balaban J connectivity index is 2.18. The minimum absolute atomic E-state index is 0.587. The van der Waals surface area contributed by atoms with Crippen LogP contribution < -0.4 is 4.74 Å². The number of nitriles is 2. The Kier molecular flexibility index (Phi) is 3.22. The van der Waals surface area contributed by atoms with E-state index >= 15 is 0 Å². The molecule has 0 amide bonds. The second-order valence-corrected chi connectivity index (χ2v) is 4.92. The van der Waals surface area contributed by atoms with E-state index in [1.54, 1.807) is 24.1 Å². The summed E-state index contributed by atoms with van der Waals surface area (Å²) in [6, 6.07) is 13.7. The molecule has 0 fully saturated rings. The van der Waals surface area contributed by atoms with Gasteiger partial charge in [-0.15, -0.1) is 0 Å². The SMILES string of the molecule is COc1ccc(C#N)c(-c2cccc3c2CN(C#N)C3)c1. The predicted octanol–water partition coefficient (Wildman–Crippen LogP) is 3.03. The molecule has 1 heterocycles. The molecule has 0 unspecified atom stereocenters. The second-order valence-electron chi connectivity index (χ2n) is 4.92. The van der Waals surface area contributed by atoms with Crippen LogP contribution in [0.2, 0.25) is 0 Å². The summed E-state index contributed by atoms with van der Waals surface area (Å²) in [5.41, 5.74) is 4.72. The molecule has 0 saturated carbocycles. The van der Waals surface area contributed by atoms with Gasteiger partial charge in [-0.2, -0.15) is 10.5 Å². The van der Waals surface area contributed by atoms with E-state index in [4.69, 9.17) is 10.00 Å². The minimum Gasteiger partial charge on any atom is -0.497 e. The Hall–Kier alpha value is -2.98. The van der Waals surface area contributed by atoms with Crippen molar-refractivity contribution in [1.82, 2.24) is 4.90 Å². The Labute approximate surface area is 123 Å². The second kappa shape index (κ2) is 5.19. The molecule has 0 saturated heterocycles. The molecule has 4 heteroatoms. The molecule has 0 aliphatic carbocycles. The number of ether oxygens (including phenoxy) is 1. The first-order valence-corrected chi connectivity index (χ1v) is 6.60. The highest BCUT2D eigenvalue weighted by Gasteiger charge is 2.22. The van der Waals surface area contributed by atoms with Gasteiger partial charge in [0.1, 0.15) is 5.75 Å². The molecule has 0 atom stereocenters. The molecule has 4 nitrogen and oxygen atoms in total. The Morgan fingerprint density at radius 3 is 2.67 bits per heavy atom. The van der Waals surface area contributed by atoms with E-state index in [1.165, 1.54) is 0 Å². The van der Waals surface area contributed by atoms with E-state index in [9.17, 15) is 5.26 Å². The zero-order valence-electron chi connectivity index (χ0n) is 11.6. The number of rotatable bonds is 2. The maximum absolute atomic E-state index is 9.34. The lowest BCUT2D eigenvalue weighted by Crippen LogP contribution is -2.07. The molecule has 1 aliphatic heterocycles. The summed E-state index contributed by atoms with van der Waals surface area (Å²) in [7, 11) is 1.61. The molecule has 0 aromatic heterocycles. The largest absolute Gasteiger partial charge is 0.497 e. The fourth-order valence-electron chi connectivity index (χ4n) is 2.72. The fraction of sp³-hybridized carbons (Fsp3) is 0.176. The molecular weight excluding hydrogens is 262 g/mol. The molecule has 2 aromatic rings. The molecule has 2 aromatic carbocycles. The van der Waals surface area contributed by atoms with Crippen LogP contribution in [0.5, 0.6) is 5.75 Å². The van der Waals surface area contributed by atoms with Gasteiger partial charge < -0.3 is 9.64 Å². The summed E-state index contributed by atoms with van der Waals surface area (Å²) >= 11 is 0. The van der Waals surface area contributed by atoms with Crippen molar-refractivity contribution in [3.63, 3.8) is 0 Å². The van der Waals surface area contributed by atoms with Crippen LogP contribution in [0.3, 0.4) is 0 Å². The third-order valence-corrected chi connectivity index (χ3v) is 3.76. The standard InChI is InChI=1S/C17H13N3O/c1-21-14-6-5-12(8-18)16(7-14)15-4-2-3-13-9-20(11-19)10-17(13)15/h2-7H,9-10H2,1H3. The summed E-state index contributed by atoms with van der Waals surface area (Å²) in [6.07, 6.45) is 2.18. The lowest BCUT2D eigenvalue weighted by molar-refractivity contribution is 0.415. The Morgan fingerprint density at radius 2 is 1.95 bits per heavy atom. The van der Waals surface area contributed by atoms with Gasteiger partial charge in [0.2, 0.25) is 0 Å². The lowest BCUT2D eigenvalue weighted by atomic mass is 9.94. The predicted molar refractivity (Wildman–Crippen MR) is 78.0 cm³/mol. The average molecular weight is 275 g/mol. The van der Waals surface area contributed by atoms with Crippen molar-refractivity contribution in [1.29, 1.82) is 10.5 Å². The molecule has 21 heavy (non-hydrogen) atoms. The van der Waals surface area contributed by atoms with Gasteiger partial charge in [0.05, 0.1) is 31.8 Å². The summed E-state index contributed by atoms with van der Waals surface area (Å²) in [5, 5.41) is 18.4. The van der Waals surface area contributed by atoms with Crippen molar-refractivity contribution in [2.45, 2.75) is 13.1 Å². The van der Waals surface area contributed by atoms with Crippen molar-refractivity contribution in [2.24, 2.45) is 0 Å². The number of hydrogen-bond acceptors (Lipinski definition) is 4. The smallest absolute Gasteiger partial charge is 0.179 e. The van der Waals surface area contributed by atoms with Crippen LogP contribution in [0.25, 0.3) is 11.1 Å². The number of nitrogens with zero attached hydrogens (tertiary/aromatic N) is 3. The molecular formula is C17H13N3O. The monoisotopic (exact) mass is 275 g/mol. The van der Waals surface area contributed by atoms with Gasteiger partial charge in [-0.05, 0) is 34.9 Å². The zero-order chi connectivity index (χ0) is 14.8. The molecule has 0 radical (unpaired) electrons. The summed E-state index contributed by atoms with van der Waals surface area (Å²) < 4.78 is 5.27. The van der Waals surface area contributed by atoms with Crippen LogP contribution in [-0.2, 0) is 13.1 Å². The van der Waals surface area contributed by atoms with Gasteiger partial charge in [-0.3, -0.25) is 0 Å². The number of fused-ring (bicyclic) bond motifs is 1. The summed E-state index contributed by atoms with van der Waals surface area (Å²) in [6.45, 7) is 1.22. The summed E-state index contributed by atoms with van der Waals surface area (Å²) in [5.74, 6) is 0.719. The third kappa shape index (κ3) is 2.17. The van der Waals surface area contributed by atoms with Gasteiger partial charge in [0.15, 0.2) is 6.19 Å². The quantitative estimate of drug-likeness (QED) is 0.790. The van der Waals surface area contributed by atoms with Gasteiger partial charge in [0, 0.05) is 5.56 Å². The van der Waals surface area contributed by atoms with Crippen LogP contribution in [-0.4, -0.2) is 12.0 Å². The average Bonchev–Trinajstić information content (AvgIpc) is 2.97. The molecule has 0 N–H and O–H groups in total. The van der Waals surface area contributed by atoms with E-state index in [0.29, 0.717) is 18.7 Å². The Morgan fingerprint density at radius 1 is 1.10 bits per heavy atom. The highest BCUT2D eigenvalue weighted by molar-refractivity contribution is 5.76. The van der Waals surface area contributed by atoms with Crippen LogP contribution in [0.4, 0.5) is 0 Å². The highest BCUT2D eigenvalue weighted by Crippen LogP contribution is 2.35.